The fourth-order valence-corrected chi connectivity index (χ4v) is 7.05. The van der Waals surface area contributed by atoms with E-state index in [1.807, 2.05) is 36.2 Å². The number of fused-ring (bicyclic) bond motifs is 1. The normalized spacial score (nSPS) is 15.9. The number of imide groups is 1. The Bertz CT molecular complexity index is 2150. The molecule has 2 saturated heterocycles. The summed E-state index contributed by atoms with van der Waals surface area (Å²) < 4.78 is 22.3. The van der Waals surface area contributed by atoms with Crippen LogP contribution in [0.5, 0.6) is 5.75 Å². The first-order chi connectivity index (χ1) is 24.9. The Morgan fingerprint density at radius 3 is 2.58 bits per heavy atom. The highest BCUT2D eigenvalue weighted by molar-refractivity contribution is 6.35. The summed E-state index contributed by atoms with van der Waals surface area (Å²) in [6.45, 7) is 3.13. The van der Waals surface area contributed by atoms with E-state index in [9.17, 15) is 19.2 Å². The van der Waals surface area contributed by atoms with Crippen LogP contribution in [0, 0.1) is 17.7 Å². The van der Waals surface area contributed by atoms with Crippen molar-refractivity contribution >= 4 is 57.6 Å². The lowest BCUT2D eigenvalue weighted by molar-refractivity contribution is -0.130. The first-order valence-electron chi connectivity index (χ1n) is 17.0. The van der Waals surface area contributed by atoms with Gasteiger partial charge in [0.2, 0.25) is 11.8 Å². The highest BCUT2D eigenvalue weighted by Crippen LogP contribution is 2.42. The van der Waals surface area contributed by atoms with E-state index in [1.54, 1.807) is 50.4 Å². The Hall–Kier alpha value is -5.54. The number of piperidine rings is 1. The molecule has 0 spiro atoms. The number of nitrogens with zero attached hydrogens (tertiary/aromatic N) is 4. The number of nitrogens with one attached hydrogen (secondary N) is 2. The summed E-state index contributed by atoms with van der Waals surface area (Å²) >= 11 is 6.66. The van der Waals surface area contributed by atoms with Crippen LogP contribution >= 0.6 is 11.6 Å². The van der Waals surface area contributed by atoms with E-state index in [1.165, 1.54) is 16.7 Å². The Labute approximate surface area is 306 Å². The number of rotatable bonds is 7. The second-order valence-corrected chi connectivity index (χ2v) is 13.6. The minimum absolute atomic E-state index is 0.0435. The molecule has 0 aliphatic carbocycles. The predicted molar refractivity (Wildman–Crippen MR) is 200 cm³/mol. The van der Waals surface area contributed by atoms with Gasteiger partial charge in [0.15, 0.2) is 5.82 Å². The van der Waals surface area contributed by atoms with Crippen molar-refractivity contribution in [2.24, 2.45) is 0 Å². The van der Waals surface area contributed by atoms with E-state index in [0.29, 0.717) is 63.7 Å². The molecule has 2 aliphatic heterocycles. The summed E-state index contributed by atoms with van der Waals surface area (Å²) in [4.78, 5) is 58.8. The second-order valence-electron chi connectivity index (χ2n) is 13.2. The number of anilines is 2. The zero-order valence-corrected chi connectivity index (χ0v) is 30.5. The monoisotopic (exact) mass is 726 g/mol. The maximum atomic E-state index is 16.4. The second kappa shape index (κ2) is 15.0. The molecule has 0 unspecified atom stereocenters. The van der Waals surface area contributed by atoms with Crippen LogP contribution in [0.15, 0.2) is 48.5 Å². The largest absolute Gasteiger partial charge is 0.496 e. The molecular formula is C39H40ClFN6O5. The molecule has 270 valence electrons. The lowest BCUT2D eigenvalue weighted by Crippen LogP contribution is -2.49. The van der Waals surface area contributed by atoms with Gasteiger partial charge in [-0.1, -0.05) is 29.5 Å². The van der Waals surface area contributed by atoms with E-state index in [2.05, 4.69) is 22.1 Å². The first-order valence-corrected chi connectivity index (χ1v) is 17.4. The molecule has 11 nitrogen and oxygen atoms in total. The van der Waals surface area contributed by atoms with Crippen molar-refractivity contribution in [3.63, 3.8) is 0 Å². The van der Waals surface area contributed by atoms with Crippen molar-refractivity contribution in [3.05, 3.63) is 76.2 Å². The number of aromatic nitrogens is 1. The number of ether oxygens (including phenoxy) is 1. The quantitative estimate of drug-likeness (QED) is 0.226. The fourth-order valence-electron chi connectivity index (χ4n) is 6.78. The Morgan fingerprint density at radius 2 is 1.87 bits per heavy atom. The van der Waals surface area contributed by atoms with Gasteiger partial charge in [0.05, 0.1) is 29.9 Å². The Morgan fingerprint density at radius 1 is 1.08 bits per heavy atom. The Balaban J connectivity index is 1.32. The van der Waals surface area contributed by atoms with Crippen LogP contribution in [0.3, 0.4) is 0 Å². The fraction of sp³-hybridized carbons (Fsp3) is 0.333. The zero-order valence-electron chi connectivity index (χ0n) is 29.7. The maximum Gasteiger partial charge on any atom is 0.328 e. The smallest absolute Gasteiger partial charge is 0.328 e. The summed E-state index contributed by atoms with van der Waals surface area (Å²) in [5.41, 5.74) is 4.22. The molecule has 0 bridgehead atoms. The molecule has 2 aliphatic rings. The molecule has 0 radical (unpaired) electrons. The number of H-pyrrole nitrogens is 1. The SMILES string of the molecule is COc1cc(N(C)CC#Cc2cccc(N3CCC(=O)NC3=O)c2Cl)ccc1-c1cc([C@H]2CCCN(C(C)=O)C2)c(F)c2[nH]c(C(=O)N(C)C)cc12. The third kappa shape index (κ3) is 7.14. The summed E-state index contributed by atoms with van der Waals surface area (Å²) in [7, 11) is 6.74. The van der Waals surface area contributed by atoms with Crippen LogP contribution in [0.2, 0.25) is 5.02 Å². The van der Waals surface area contributed by atoms with Crippen LogP contribution < -0.4 is 19.9 Å². The van der Waals surface area contributed by atoms with Crippen LogP contribution in [0.25, 0.3) is 22.0 Å². The molecular weight excluding hydrogens is 687 g/mol. The van der Waals surface area contributed by atoms with Gasteiger partial charge in [-0.2, -0.15) is 0 Å². The maximum absolute atomic E-state index is 16.4. The van der Waals surface area contributed by atoms with Crippen molar-refractivity contribution in [3.8, 4) is 28.7 Å². The van der Waals surface area contributed by atoms with Crippen molar-refractivity contribution in [2.45, 2.75) is 32.1 Å². The van der Waals surface area contributed by atoms with Gasteiger partial charge in [0.1, 0.15) is 11.4 Å². The summed E-state index contributed by atoms with van der Waals surface area (Å²) in [6, 6.07) is 13.9. The standard InChI is InChI=1S/C39H40ClFN6O5/c1-23(48)46-17-8-11-25(22-46)28-20-29(30-21-31(38(50)44(2)3)42-37(30)36(28)41)27-14-13-26(19-33(27)52-5)45(4)16-7-10-24-9-6-12-32(35(24)40)47-18-15-34(49)43-39(47)51/h6,9,12-14,19-21,25,42H,8,11,15-18,22H2,1-5H3,(H,43,49,51)/t25-/m0/s1. The average molecular weight is 727 g/mol. The summed E-state index contributed by atoms with van der Waals surface area (Å²) in [6.07, 6.45) is 1.66. The molecule has 1 aromatic heterocycles. The van der Waals surface area contributed by atoms with Crippen LogP contribution in [-0.2, 0) is 9.59 Å². The molecule has 13 heteroatoms. The number of methoxy groups -OCH3 is 1. The number of aromatic amines is 1. The minimum Gasteiger partial charge on any atom is -0.496 e. The summed E-state index contributed by atoms with van der Waals surface area (Å²) in [5.74, 6) is 5.49. The highest BCUT2D eigenvalue weighted by Gasteiger charge is 2.29. The molecule has 4 aromatic rings. The Kier molecular flexibility index (Phi) is 10.4. The van der Waals surface area contributed by atoms with Gasteiger partial charge in [0.25, 0.3) is 5.91 Å². The third-order valence-electron chi connectivity index (χ3n) is 9.60. The van der Waals surface area contributed by atoms with Crippen LogP contribution in [0.1, 0.15) is 53.7 Å². The number of hydrogen-bond donors (Lipinski definition) is 2. The number of likely N-dealkylation sites (tertiary alicyclic amines) is 1. The van der Waals surface area contributed by atoms with Crippen LogP contribution in [-0.4, -0.2) is 93.0 Å². The van der Waals surface area contributed by atoms with Gasteiger partial charge in [0, 0.05) is 88.3 Å². The van der Waals surface area contributed by atoms with Gasteiger partial charge in [-0.05, 0) is 60.4 Å². The topological polar surface area (TPSA) is 118 Å². The number of benzene rings is 3. The lowest BCUT2D eigenvalue weighted by Gasteiger charge is -2.32. The lowest BCUT2D eigenvalue weighted by atomic mass is 9.86. The molecule has 3 aromatic carbocycles. The molecule has 3 heterocycles. The van der Waals surface area contributed by atoms with Gasteiger partial charge in [-0.25, -0.2) is 9.18 Å². The molecule has 2 N–H and O–H groups in total. The van der Waals surface area contributed by atoms with Gasteiger partial charge in [-0.15, -0.1) is 0 Å². The average Bonchev–Trinajstić information content (AvgIpc) is 3.58. The molecule has 52 heavy (non-hydrogen) atoms. The number of halogens is 2. The molecule has 5 amide bonds. The number of amides is 5. The van der Waals surface area contributed by atoms with Gasteiger partial charge in [-0.3, -0.25) is 24.6 Å². The van der Waals surface area contributed by atoms with Crippen molar-refractivity contribution < 1.29 is 28.3 Å². The van der Waals surface area contributed by atoms with E-state index < -0.39 is 11.8 Å². The van der Waals surface area contributed by atoms with Gasteiger partial charge < -0.3 is 24.4 Å². The third-order valence-corrected chi connectivity index (χ3v) is 10.00. The van der Waals surface area contributed by atoms with Crippen LogP contribution in [0.4, 0.5) is 20.6 Å². The minimum atomic E-state index is -0.523. The molecule has 0 saturated carbocycles. The van der Waals surface area contributed by atoms with E-state index in [0.717, 1.165) is 18.5 Å². The first kappa shape index (κ1) is 36.3. The number of carbonyl (C=O) groups excluding carboxylic acids is 4. The zero-order chi connectivity index (χ0) is 37.3. The molecule has 1 atom stereocenters. The van der Waals surface area contributed by atoms with Gasteiger partial charge >= 0.3 is 6.03 Å². The molecule has 6 rings (SSSR count). The van der Waals surface area contributed by atoms with E-state index in [-0.39, 0.29) is 47.8 Å². The number of urea groups is 1. The highest BCUT2D eigenvalue weighted by atomic mass is 35.5. The molecule has 2 fully saturated rings. The van der Waals surface area contributed by atoms with Crippen molar-refractivity contribution in [2.75, 3.05) is 64.2 Å². The van der Waals surface area contributed by atoms with E-state index in [4.69, 9.17) is 16.3 Å². The van der Waals surface area contributed by atoms with Crippen molar-refractivity contribution in [1.29, 1.82) is 0 Å². The number of hydrogen-bond acceptors (Lipinski definition) is 6. The van der Waals surface area contributed by atoms with E-state index >= 15 is 4.39 Å². The predicted octanol–water partition coefficient (Wildman–Crippen LogP) is 6.00. The van der Waals surface area contributed by atoms with Crippen molar-refractivity contribution in [1.82, 2.24) is 20.1 Å². The summed E-state index contributed by atoms with van der Waals surface area (Å²) in [5, 5.41) is 3.17. The number of carbonyl (C=O) groups is 4.